The van der Waals surface area contributed by atoms with Crippen molar-refractivity contribution in [3.8, 4) is 0 Å². The Morgan fingerprint density at radius 3 is 1.45 bits per heavy atom. The summed E-state index contributed by atoms with van der Waals surface area (Å²) < 4.78 is 0. The second kappa shape index (κ2) is 7.35. The van der Waals surface area contributed by atoms with Crippen LogP contribution < -0.4 is 0 Å². The summed E-state index contributed by atoms with van der Waals surface area (Å²) >= 11 is 0. The zero-order valence-corrected chi connectivity index (χ0v) is 16.7. The van der Waals surface area contributed by atoms with Gasteiger partial charge in [-0.25, -0.2) is 0 Å². The Labute approximate surface area is 173 Å². The zero-order chi connectivity index (χ0) is 19.7. The minimum Gasteiger partial charge on any atom is -0.275 e. The highest BCUT2D eigenvalue weighted by Crippen LogP contribution is 2.50. The van der Waals surface area contributed by atoms with Gasteiger partial charge in [-0.15, -0.1) is 0 Å². The van der Waals surface area contributed by atoms with Gasteiger partial charge >= 0.3 is 0 Å². The SMILES string of the molecule is CC1c2ccccc2CN1C(c1ccccc1)(c1ccccc1)c1ccccc1. The van der Waals surface area contributed by atoms with E-state index >= 15 is 0 Å². The molecule has 1 heteroatoms. The quantitative estimate of drug-likeness (QED) is 0.365. The van der Waals surface area contributed by atoms with E-state index in [2.05, 4.69) is 127 Å². The first-order valence-electron chi connectivity index (χ1n) is 10.3. The Bertz CT molecular complexity index is 990. The van der Waals surface area contributed by atoms with Gasteiger partial charge in [-0.05, 0) is 34.7 Å². The van der Waals surface area contributed by atoms with Crippen LogP contribution >= 0.6 is 0 Å². The van der Waals surface area contributed by atoms with Gasteiger partial charge in [0.15, 0.2) is 0 Å². The van der Waals surface area contributed by atoms with Crippen LogP contribution in [0.15, 0.2) is 115 Å². The van der Waals surface area contributed by atoms with Gasteiger partial charge in [0.25, 0.3) is 0 Å². The van der Waals surface area contributed by atoms with Crippen LogP contribution in [-0.2, 0) is 12.1 Å². The molecule has 0 saturated heterocycles. The van der Waals surface area contributed by atoms with E-state index in [1.165, 1.54) is 27.8 Å². The average molecular weight is 376 g/mol. The lowest BCUT2D eigenvalue weighted by atomic mass is 9.75. The molecule has 0 fully saturated rings. The highest BCUT2D eigenvalue weighted by atomic mass is 15.2. The van der Waals surface area contributed by atoms with Gasteiger partial charge < -0.3 is 0 Å². The topological polar surface area (TPSA) is 3.24 Å². The normalized spacial score (nSPS) is 16.5. The van der Waals surface area contributed by atoms with Crippen LogP contribution in [0.2, 0.25) is 0 Å². The molecule has 0 bridgehead atoms. The third-order valence-corrected chi connectivity index (χ3v) is 6.32. The second-order valence-electron chi connectivity index (χ2n) is 7.81. The van der Waals surface area contributed by atoms with Crippen LogP contribution in [0.3, 0.4) is 0 Å². The fraction of sp³-hybridized carbons (Fsp3) is 0.143. The van der Waals surface area contributed by atoms with Gasteiger partial charge in [0.2, 0.25) is 0 Å². The molecule has 0 amide bonds. The Kier molecular flexibility index (Phi) is 4.54. The van der Waals surface area contributed by atoms with Crippen LogP contribution in [0.4, 0.5) is 0 Å². The van der Waals surface area contributed by atoms with Gasteiger partial charge in [0.05, 0.1) is 5.54 Å². The minimum atomic E-state index is -0.359. The molecule has 0 N–H and O–H groups in total. The zero-order valence-electron chi connectivity index (χ0n) is 16.7. The molecule has 1 heterocycles. The Morgan fingerprint density at radius 1 is 0.586 bits per heavy atom. The van der Waals surface area contributed by atoms with E-state index in [1.54, 1.807) is 0 Å². The molecule has 0 aromatic heterocycles. The molecule has 1 aliphatic heterocycles. The molecule has 4 aromatic carbocycles. The number of fused-ring (bicyclic) bond motifs is 1. The van der Waals surface area contributed by atoms with Crippen LogP contribution in [0.25, 0.3) is 0 Å². The molecule has 1 atom stereocenters. The molecule has 0 spiro atoms. The molecule has 0 radical (unpaired) electrons. The lowest BCUT2D eigenvalue weighted by Crippen LogP contribution is -2.46. The van der Waals surface area contributed by atoms with E-state index in [0.29, 0.717) is 6.04 Å². The third-order valence-electron chi connectivity index (χ3n) is 6.32. The number of hydrogen-bond acceptors (Lipinski definition) is 1. The summed E-state index contributed by atoms with van der Waals surface area (Å²) in [5.41, 5.74) is 6.40. The summed E-state index contributed by atoms with van der Waals surface area (Å²) in [5.74, 6) is 0. The summed E-state index contributed by atoms with van der Waals surface area (Å²) in [5, 5.41) is 0. The van der Waals surface area contributed by atoms with Gasteiger partial charge in [-0.1, -0.05) is 115 Å². The lowest BCUT2D eigenvalue weighted by molar-refractivity contribution is 0.118. The summed E-state index contributed by atoms with van der Waals surface area (Å²) in [4.78, 5) is 2.66. The van der Waals surface area contributed by atoms with Crippen molar-refractivity contribution in [2.24, 2.45) is 0 Å². The van der Waals surface area contributed by atoms with Crippen molar-refractivity contribution in [2.75, 3.05) is 0 Å². The van der Waals surface area contributed by atoms with E-state index < -0.39 is 0 Å². The Morgan fingerprint density at radius 2 is 1.00 bits per heavy atom. The van der Waals surface area contributed by atoms with Crippen LogP contribution in [0.5, 0.6) is 0 Å². The average Bonchev–Trinajstić information content (AvgIpc) is 3.14. The predicted molar refractivity (Wildman–Crippen MR) is 120 cm³/mol. The first-order valence-corrected chi connectivity index (χ1v) is 10.3. The third kappa shape index (κ3) is 2.82. The molecular weight excluding hydrogens is 350 g/mol. The van der Waals surface area contributed by atoms with Gasteiger partial charge in [0, 0.05) is 12.6 Å². The van der Waals surface area contributed by atoms with Gasteiger partial charge in [-0.2, -0.15) is 0 Å². The molecule has 5 rings (SSSR count). The fourth-order valence-electron chi connectivity index (χ4n) is 5.02. The van der Waals surface area contributed by atoms with Crippen molar-refractivity contribution in [3.05, 3.63) is 143 Å². The number of nitrogens with zero attached hydrogens (tertiary/aromatic N) is 1. The number of rotatable bonds is 4. The lowest BCUT2D eigenvalue weighted by Gasteiger charge is -2.46. The largest absolute Gasteiger partial charge is 0.275 e. The van der Waals surface area contributed by atoms with Crippen molar-refractivity contribution in [1.29, 1.82) is 0 Å². The van der Waals surface area contributed by atoms with E-state index in [-0.39, 0.29) is 5.54 Å². The molecule has 1 aliphatic rings. The van der Waals surface area contributed by atoms with Crippen molar-refractivity contribution in [2.45, 2.75) is 25.0 Å². The maximum absolute atomic E-state index is 2.66. The molecule has 1 nitrogen and oxygen atoms in total. The Hall–Kier alpha value is -3.16. The molecule has 142 valence electrons. The predicted octanol–water partition coefficient (Wildman–Crippen LogP) is 6.56. The summed E-state index contributed by atoms with van der Waals surface area (Å²) in [7, 11) is 0. The standard InChI is InChI=1S/C28H25N/c1-22-27-20-12-11-13-23(27)21-29(22)28(24-14-5-2-6-15-24,25-16-7-3-8-17-25)26-18-9-4-10-19-26/h2-20,22H,21H2,1H3. The van der Waals surface area contributed by atoms with Crippen molar-refractivity contribution in [1.82, 2.24) is 4.90 Å². The molecular formula is C28H25N. The van der Waals surface area contributed by atoms with Crippen LogP contribution in [0, 0.1) is 0 Å². The highest BCUT2D eigenvalue weighted by Gasteiger charge is 2.46. The first kappa shape index (κ1) is 17.9. The number of hydrogen-bond donors (Lipinski definition) is 0. The monoisotopic (exact) mass is 375 g/mol. The van der Waals surface area contributed by atoms with Crippen LogP contribution in [-0.4, -0.2) is 4.90 Å². The second-order valence-corrected chi connectivity index (χ2v) is 7.81. The Balaban J connectivity index is 1.82. The summed E-state index contributed by atoms with van der Waals surface area (Å²) in [6, 6.07) is 42.1. The van der Waals surface area contributed by atoms with Crippen LogP contribution in [0.1, 0.15) is 40.8 Å². The van der Waals surface area contributed by atoms with E-state index in [9.17, 15) is 0 Å². The molecule has 0 saturated carbocycles. The summed E-state index contributed by atoms with van der Waals surface area (Å²) in [6.45, 7) is 3.27. The molecule has 1 unspecified atom stereocenters. The molecule has 29 heavy (non-hydrogen) atoms. The van der Waals surface area contributed by atoms with Gasteiger partial charge in [0.1, 0.15) is 0 Å². The van der Waals surface area contributed by atoms with Gasteiger partial charge in [-0.3, -0.25) is 4.90 Å². The highest BCUT2D eigenvalue weighted by molar-refractivity contribution is 5.51. The number of benzene rings is 4. The van der Waals surface area contributed by atoms with E-state index in [0.717, 1.165) is 6.54 Å². The van der Waals surface area contributed by atoms with Crippen molar-refractivity contribution in [3.63, 3.8) is 0 Å². The summed E-state index contributed by atoms with van der Waals surface area (Å²) in [6.07, 6.45) is 0. The molecule has 0 aliphatic carbocycles. The van der Waals surface area contributed by atoms with E-state index in [1.807, 2.05) is 0 Å². The first-order chi connectivity index (χ1) is 14.3. The van der Waals surface area contributed by atoms with Crippen molar-refractivity contribution < 1.29 is 0 Å². The van der Waals surface area contributed by atoms with E-state index in [4.69, 9.17) is 0 Å². The van der Waals surface area contributed by atoms with Crippen molar-refractivity contribution >= 4 is 0 Å². The smallest absolute Gasteiger partial charge is 0.0980 e. The molecule has 4 aromatic rings. The fourth-order valence-corrected chi connectivity index (χ4v) is 5.02. The minimum absolute atomic E-state index is 0.312. The maximum atomic E-state index is 2.66. The maximum Gasteiger partial charge on any atom is 0.0980 e.